The number of furan rings is 1. The molecule has 10 aromatic rings. The van der Waals surface area contributed by atoms with Gasteiger partial charge in [-0.05, 0) is 45.5 Å². The summed E-state index contributed by atoms with van der Waals surface area (Å²) in [4.78, 5) is 15.0. The molecule has 0 spiro atoms. The zero-order valence-corrected chi connectivity index (χ0v) is 29.8. The Hall–Kier alpha value is -7.43. The zero-order valence-electron chi connectivity index (χ0n) is 29.8. The topological polar surface area (TPSA) is 51.8 Å². The van der Waals surface area contributed by atoms with Gasteiger partial charge in [-0.25, -0.2) is 15.0 Å². The third-order valence-electron chi connectivity index (χ3n) is 10.2. The van der Waals surface area contributed by atoms with Crippen LogP contribution in [0.4, 0.5) is 0 Å². The Morgan fingerprint density at radius 3 is 1.20 bits per heavy atom. The van der Waals surface area contributed by atoms with E-state index in [1.54, 1.807) is 0 Å². The molecule has 8 aromatic carbocycles. The molecule has 0 aliphatic rings. The van der Waals surface area contributed by atoms with Gasteiger partial charge in [0.25, 0.3) is 0 Å². The molecule has 0 aliphatic heterocycles. The summed E-state index contributed by atoms with van der Waals surface area (Å²) in [6, 6.07) is 69.2. The maximum atomic E-state index is 6.73. The molecule has 4 nitrogen and oxygen atoms in total. The number of nitrogens with zero attached hydrogens (tertiary/aromatic N) is 3. The molecule has 0 amide bonds. The second-order valence-corrected chi connectivity index (χ2v) is 13.6. The summed E-state index contributed by atoms with van der Waals surface area (Å²) in [5, 5.41) is 2.23. The highest BCUT2D eigenvalue weighted by molar-refractivity contribution is 6.13. The molecule has 55 heavy (non-hydrogen) atoms. The Bertz CT molecular complexity index is 2950. The Kier molecular flexibility index (Phi) is 8.12. The minimum atomic E-state index is 0.626. The van der Waals surface area contributed by atoms with Crippen LogP contribution in [-0.2, 0) is 0 Å². The van der Waals surface area contributed by atoms with Crippen molar-refractivity contribution in [3.05, 3.63) is 200 Å². The average molecular weight is 704 g/mol. The lowest BCUT2D eigenvalue weighted by molar-refractivity contribution is 0.671. The SMILES string of the molecule is c1ccc(-c2cccc(-c3nc(-c4ccccc4)nc(-c4ccc(-c5cccc(-c6cccc7c6oc6c(-c8ccccc8)cccc67)c5)cc4)n3)c2)cc1. The molecule has 0 radical (unpaired) electrons. The Labute approximate surface area is 319 Å². The van der Waals surface area contributed by atoms with E-state index in [2.05, 4.69) is 158 Å². The van der Waals surface area contributed by atoms with E-state index < -0.39 is 0 Å². The number of benzene rings is 8. The molecular weight excluding hydrogens is 671 g/mol. The van der Waals surface area contributed by atoms with Gasteiger partial charge < -0.3 is 4.42 Å². The Morgan fingerprint density at radius 1 is 0.255 bits per heavy atom. The number of para-hydroxylation sites is 2. The van der Waals surface area contributed by atoms with Gasteiger partial charge in [-0.2, -0.15) is 0 Å². The fraction of sp³-hybridized carbons (Fsp3) is 0. The molecule has 2 heterocycles. The van der Waals surface area contributed by atoms with Crippen LogP contribution in [0, 0.1) is 0 Å². The third-order valence-corrected chi connectivity index (χ3v) is 10.2. The van der Waals surface area contributed by atoms with Crippen molar-refractivity contribution in [2.75, 3.05) is 0 Å². The summed E-state index contributed by atoms with van der Waals surface area (Å²) in [6.07, 6.45) is 0. The summed E-state index contributed by atoms with van der Waals surface area (Å²) in [6.45, 7) is 0. The number of hydrogen-bond acceptors (Lipinski definition) is 4. The molecule has 0 unspecified atom stereocenters. The van der Waals surface area contributed by atoms with E-state index in [9.17, 15) is 0 Å². The van der Waals surface area contributed by atoms with E-state index in [0.29, 0.717) is 17.5 Å². The van der Waals surface area contributed by atoms with Gasteiger partial charge in [0.1, 0.15) is 11.2 Å². The van der Waals surface area contributed by atoms with E-state index in [4.69, 9.17) is 19.4 Å². The van der Waals surface area contributed by atoms with Crippen molar-refractivity contribution in [1.29, 1.82) is 0 Å². The van der Waals surface area contributed by atoms with Crippen molar-refractivity contribution in [3.63, 3.8) is 0 Å². The molecule has 0 N–H and O–H groups in total. The molecule has 4 heteroatoms. The highest BCUT2D eigenvalue weighted by atomic mass is 16.3. The summed E-state index contributed by atoms with van der Waals surface area (Å²) in [7, 11) is 0. The summed E-state index contributed by atoms with van der Waals surface area (Å²) >= 11 is 0. The van der Waals surface area contributed by atoms with E-state index in [-0.39, 0.29) is 0 Å². The smallest absolute Gasteiger partial charge is 0.164 e. The van der Waals surface area contributed by atoms with Gasteiger partial charge in [-0.1, -0.05) is 188 Å². The van der Waals surface area contributed by atoms with Crippen LogP contribution in [-0.4, -0.2) is 15.0 Å². The minimum absolute atomic E-state index is 0.626. The van der Waals surface area contributed by atoms with Crippen LogP contribution < -0.4 is 0 Å². The molecule has 258 valence electrons. The van der Waals surface area contributed by atoms with Crippen LogP contribution in [0.3, 0.4) is 0 Å². The molecule has 0 atom stereocenters. The standard InChI is InChI=1S/C51H33N3O/c1-4-14-34(15-5-1)40-21-11-23-42(33-40)51-53-49(37-18-8-3-9-19-37)52-50(54-51)38-30-28-35(29-31-38)39-20-10-22-41(32-39)44-25-13-27-46-45-26-12-24-43(47(45)55-48(44)46)36-16-6-2-7-17-36/h1-33H. The third kappa shape index (κ3) is 6.16. The van der Waals surface area contributed by atoms with Gasteiger partial charge in [0.05, 0.1) is 0 Å². The van der Waals surface area contributed by atoms with E-state index in [1.807, 2.05) is 42.5 Å². The summed E-state index contributed by atoms with van der Waals surface area (Å²) in [5.41, 5.74) is 13.5. The first-order valence-electron chi connectivity index (χ1n) is 18.4. The van der Waals surface area contributed by atoms with Crippen molar-refractivity contribution in [3.8, 4) is 78.7 Å². The van der Waals surface area contributed by atoms with Gasteiger partial charge in [0, 0.05) is 38.6 Å². The van der Waals surface area contributed by atoms with Crippen LogP contribution in [0.15, 0.2) is 205 Å². The Balaban J connectivity index is 1.01. The molecule has 0 bridgehead atoms. The second-order valence-electron chi connectivity index (χ2n) is 13.6. The molecule has 0 saturated carbocycles. The molecule has 0 aliphatic carbocycles. The largest absolute Gasteiger partial charge is 0.455 e. The predicted molar refractivity (Wildman–Crippen MR) is 225 cm³/mol. The summed E-state index contributed by atoms with van der Waals surface area (Å²) < 4.78 is 6.73. The van der Waals surface area contributed by atoms with Crippen molar-refractivity contribution in [2.24, 2.45) is 0 Å². The van der Waals surface area contributed by atoms with Crippen LogP contribution in [0.5, 0.6) is 0 Å². The maximum absolute atomic E-state index is 6.73. The number of fused-ring (bicyclic) bond motifs is 3. The zero-order chi connectivity index (χ0) is 36.6. The quantitative estimate of drug-likeness (QED) is 0.166. The van der Waals surface area contributed by atoms with Gasteiger partial charge >= 0.3 is 0 Å². The lowest BCUT2D eigenvalue weighted by Crippen LogP contribution is -2.00. The van der Waals surface area contributed by atoms with Crippen LogP contribution in [0.25, 0.3) is 101 Å². The first kappa shape index (κ1) is 32.2. The molecular formula is C51H33N3O. The van der Waals surface area contributed by atoms with Crippen molar-refractivity contribution in [1.82, 2.24) is 15.0 Å². The molecule has 10 rings (SSSR count). The van der Waals surface area contributed by atoms with Crippen LogP contribution in [0.2, 0.25) is 0 Å². The van der Waals surface area contributed by atoms with Crippen molar-refractivity contribution < 1.29 is 4.42 Å². The molecule has 2 aromatic heterocycles. The molecule has 0 fully saturated rings. The predicted octanol–water partition coefficient (Wildman–Crippen LogP) is 13.4. The van der Waals surface area contributed by atoms with Gasteiger partial charge in [0.2, 0.25) is 0 Å². The maximum Gasteiger partial charge on any atom is 0.164 e. The van der Waals surface area contributed by atoms with Crippen molar-refractivity contribution >= 4 is 21.9 Å². The lowest BCUT2D eigenvalue weighted by atomic mass is 9.97. The normalized spacial score (nSPS) is 11.3. The number of rotatable bonds is 7. The highest BCUT2D eigenvalue weighted by Gasteiger charge is 2.17. The van der Waals surface area contributed by atoms with Gasteiger partial charge in [-0.15, -0.1) is 0 Å². The highest BCUT2D eigenvalue weighted by Crippen LogP contribution is 2.40. The second kappa shape index (κ2) is 13.8. The van der Waals surface area contributed by atoms with Gasteiger partial charge in [0.15, 0.2) is 17.5 Å². The monoisotopic (exact) mass is 703 g/mol. The fourth-order valence-electron chi connectivity index (χ4n) is 7.39. The lowest BCUT2D eigenvalue weighted by Gasteiger charge is -2.10. The van der Waals surface area contributed by atoms with Crippen LogP contribution in [0.1, 0.15) is 0 Å². The first-order valence-corrected chi connectivity index (χ1v) is 18.4. The number of hydrogen-bond donors (Lipinski definition) is 0. The minimum Gasteiger partial charge on any atom is -0.455 e. The average Bonchev–Trinajstić information content (AvgIpc) is 3.67. The van der Waals surface area contributed by atoms with Crippen LogP contribution >= 0.6 is 0 Å². The fourth-order valence-corrected chi connectivity index (χ4v) is 7.39. The number of aromatic nitrogens is 3. The molecule has 0 saturated heterocycles. The first-order chi connectivity index (χ1) is 27.2. The van der Waals surface area contributed by atoms with E-state index >= 15 is 0 Å². The van der Waals surface area contributed by atoms with E-state index in [1.165, 1.54) is 0 Å². The van der Waals surface area contributed by atoms with E-state index in [0.717, 1.165) is 83.1 Å². The summed E-state index contributed by atoms with van der Waals surface area (Å²) in [5.74, 6) is 1.90. The van der Waals surface area contributed by atoms with Crippen molar-refractivity contribution in [2.45, 2.75) is 0 Å². The van der Waals surface area contributed by atoms with Gasteiger partial charge in [-0.3, -0.25) is 0 Å². The Morgan fingerprint density at radius 2 is 0.618 bits per heavy atom.